The van der Waals surface area contributed by atoms with E-state index < -0.39 is 0 Å². The quantitative estimate of drug-likeness (QED) is 0.209. The van der Waals surface area contributed by atoms with Crippen molar-refractivity contribution in [1.29, 1.82) is 0 Å². The number of nitrogens with one attached hydrogen (secondary N) is 2. The Morgan fingerprint density at radius 2 is 1.53 bits per heavy atom. The lowest BCUT2D eigenvalue weighted by Gasteiger charge is -2.19. The summed E-state index contributed by atoms with van der Waals surface area (Å²) in [4.78, 5) is 23.9. The van der Waals surface area contributed by atoms with Gasteiger partial charge in [0.15, 0.2) is 5.78 Å². The van der Waals surface area contributed by atoms with E-state index >= 15 is 0 Å². The molecule has 2 N–H and O–H groups in total. The van der Waals surface area contributed by atoms with Crippen LogP contribution in [-0.4, -0.2) is 35.1 Å². The Morgan fingerprint density at radius 1 is 0.794 bits per heavy atom. The number of hydrogen-bond donors (Lipinski definition) is 2. The third kappa shape index (κ3) is 4.07. The number of ketones is 1. The number of nitrogens with zero attached hydrogens (tertiary/aromatic N) is 2. The first-order chi connectivity index (χ1) is 16.8. The number of carbonyl (C=O) groups is 2. The van der Waals surface area contributed by atoms with Crippen LogP contribution in [0.25, 0.3) is 27.8 Å². The largest absolute Gasteiger partial charge is 0.384 e. The van der Waals surface area contributed by atoms with Gasteiger partial charge in [0.25, 0.3) is 0 Å². The molecule has 0 fully saturated rings. The number of para-hydroxylation sites is 1. The Balaban J connectivity index is 1.38. The average molecular weight is 453 g/mol. The number of aromatic nitrogens is 2. The molecule has 1 aliphatic rings. The van der Waals surface area contributed by atoms with Crippen LogP contribution in [0.1, 0.15) is 48.0 Å². The van der Waals surface area contributed by atoms with Gasteiger partial charge in [0.05, 0.1) is 16.8 Å². The van der Waals surface area contributed by atoms with Gasteiger partial charge in [-0.25, -0.2) is 4.68 Å². The van der Waals surface area contributed by atoms with Gasteiger partial charge in [0.1, 0.15) is 5.69 Å². The van der Waals surface area contributed by atoms with Crippen molar-refractivity contribution in [3.05, 3.63) is 77.9 Å². The summed E-state index contributed by atoms with van der Waals surface area (Å²) < 4.78 is 1.93. The van der Waals surface area contributed by atoms with Crippen LogP contribution in [0.15, 0.2) is 66.7 Å². The van der Waals surface area contributed by atoms with Crippen LogP contribution in [0.5, 0.6) is 0 Å². The smallest absolute Gasteiger partial charge is 0.207 e. The Hall–Kier alpha value is -3.93. The van der Waals surface area contributed by atoms with Crippen molar-refractivity contribution in [2.45, 2.75) is 32.1 Å². The van der Waals surface area contributed by atoms with Crippen LogP contribution in [0.3, 0.4) is 0 Å². The summed E-state index contributed by atoms with van der Waals surface area (Å²) >= 11 is 0. The topological polar surface area (TPSA) is 76.0 Å². The van der Waals surface area contributed by atoms with E-state index in [0.717, 1.165) is 85.1 Å². The third-order valence-electron chi connectivity index (χ3n) is 6.40. The number of rotatable bonds is 11. The summed E-state index contributed by atoms with van der Waals surface area (Å²) in [7, 11) is 0. The normalized spacial score (nSPS) is 11.9. The molecule has 172 valence electrons. The number of benzene rings is 3. The molecule has 0 bridgehead atoms. The molecule has 0 radical (unpaired) electrons. The predicted molar refractivity (Wildman–Crippen MR) is 136 cm³/mol. The number of amides is 1. The van der Waals surface area contributed by atoms with Crippen molar-refractivity contribution in [3.8, 4) is 16.9 Å². The summed E-state index contributed by atoms with van der Waals surface area (Å²) in [6.07, 6.45) is 6.15. The molecule has 6 nitrogen and oxygen atoms in total. The van der Waals surface area contributed by atoms with Crippen LogP contribution in [0.4, 0.5) is 5.69 Å². The van der Waals surface area contributed by atoms with E-state index in [1.54, 1.807) is 0 Å². The molecule has 1 amide bonds. The molecule has 1 aromatic heterocycles. The Bertz CT molecular complexity index is 1330. The van der Waals surface area contributed by atoms with Gasteiger partial charge in [-0.05, 0) is 37.1 Å². The molecule has 4 aromatic rings. The first-order valence-corrected chi connectivity index (χ1v) is 12.0. The van der Waals surface area contributed by atoms with E-state index in [9.17, 15) is 9.59 Å². The number of fused-ring (bicyclic) bond motifs is 2. The van der Waals surface area contributed by atoms with Gasteiger partial charge in [-0.15, -0.1) is 0 Å². The molecular weight excluding hydrogens is 424 g/mol. The average Bonchev–Trinajstić information content (AvgIpc) is 3.27. The highest BCUT2D eigenvalue weighted by Crippen LogP contribution is 2.42. The number of anilines is 1. The highest BCUT2D eigenvalue weighted by molar-refractivity contribution is 6.27. The van der Waals surface area contributed by atoms with Gasteiger partial charge in [-0.3, -0.25) is 9.59 Å². The lowest BCUT2D eigenvalue weighted by atomic mass is 9.86. The summed E-state index contributed by atoms with van der Waals surface area (Å²) in [5.41, 5.74) is 5.95. The maximum absolute atomic E-state index is 13.6. The zero-order valence-electron chi connectivity index (χ0n) is 19.1. The minimum Gasteiger partial charge on any atom is -0.384 e. The fourth-order valence-corrected chi connectivity index (χ4v) is 4.75. The maximum atomic E-state index is 13.6. The van der Waals surface area contributed by atoms with E-state index in [4.69, 9.17) is 5.10 Å². The van der Waals surface area contributed by atoms with Crippen LogP contribution in [0.2, 0.25) is 0 Å². The minimum absolute atomic E-state index is 0.0477. The standard InChI is InChI=1S/C28H28N4O2/c33-19-29-17-7-2-1-3-8-18-30-23-15-9-13-21-25(23)28(34)22-14-10-16-24-26(22)27(21)31-32(24)20-11-5-4-6-12-20/h4-6,9-16,19,30H,1-3,7-8,17-18H2,(H,29,33). The van der Waals surface area contributed by atoms with Crippen molar-refractivity contribution in [1.82, 2.24) is 15.1 Å². The number of unbranched alkanes of at least 4 members (excludes halogenated alkanes) is 4. The van der Waals surface area contributed by atoms with E-state index in [0.29, 0.717) is 11.1 Å². The first-order valence-electron chi connectivity index (χ1n) is 12.0. The molecule has 3 aromatic carbocycles. The van der Waals surface area contributed by atoms with Gasteiger partial charge in [0.2, 0.25) is 6.41 Å². The van der Waals surface area contributed by atoms with E-state index in [-0.39, 0.29) is 5.78 Å². The summed E-state index contributed by atoms with van der Waals surface area (Å²) in [5.74, 6) is 0.0477. The molecule has 34 heavy (non-hydrogen) atoms. The molecule has 5 rings (SSSR count). The summed E-state index contributed by atoms with van der Waals surface area (Å²) in [6, 6.07) is 21.9. The second-order valence-electron chi connectivity index (χ2n) is 8.62. The van der Waals surface area contributed by atoms with E-state index in [2.05, 4.69) is 10.6 Å². The van der Waals surface area contributed by atoms with E-state index in [1.807, 2.05) is 71.4 Å². The monoisotopic (exact) mass is 452 g/mol. The van der Waals surface area contributed by atoms with E-state index in [1.165, 1.54) is 0 Å². The Labute approximate surface area is 199 Å². The zero-order chi connectivity index (χ0) is 23.3. The lowest BCUT2D eigenvalue weighted by Crippen LogP contribution is -2.14. The minimum atomic E-state index is 0.0477. The first kappa shape index (κ1) is 21.9. The molecule has 0 spiro atoms. The molecule has 0 unspecified atom stereocenters. The lowest BCUT2D eigenvalue weighted by molar-refractivity contribution is -0.109. The second kappa shape index (κ2) is 9.91. The summed E-state index contributed by atoms with van der Waals surface area (Å²) in [6.45, 7) is 1.56. The molecule has 1 aliphatic carbocycles. The number of hydrogen-bond acceptors (Lipinski definition) is 4. The molecule has 0 saturated heterocycles. The highest BCUT2D eigenvalue weighted by Gasteiger charge is 2.30. The molecule has 0 saturated carbocycles. The van der Waals surface area contributed by atoms with Crippen LogP contribution < -0.4 is 10.6 Å². The fraction of sp³-hybridized carbons (Fsp3) is 0.250. The van der Waals surface area contributed by atoms with Crippen molar-refractivity contribution in [3.63, 3.8) is 0 Å². The molecule has 0 atom stereocenters. The molecular formula is C28H28N4O2. The van der Waals surface area contributed by atoms with Gasteiger partial charge >= 0.3 is 0 Å². The van der Waals surface area contributed by atoms with Crippen LogP contribution in [0, 0.1) is 0 Å². The molecule has 6 heteroatoms. The number of carbonyl (C=O) groups excluding carboxylic acids is 2. The Kier molecular flexibility index (Phi) is 6.38. The van der Waals surface area contributed by atoms with Crippen LogP contribution in [-0.2, 0) is 4.79 Å². The third-order valence-corrected chi connectivity index (χ3v) is 6.40. The van der Waals surface area contributed by atoms with Crippen molar-refractivity contribution >= 4 is 28.8 Å². The SMILES string of the molecule is O=CNCCCCCCCNc1cccc2c1C(=O)c1cccc3c1c-2nn3-c1ccccc1. The fourth-order valence-electron chi connectivity index (χ4n) is 4.75. The zero-order valence-corrected chi connectivity index (χ0v) is 19.1. The Morgan fingerprint density at radius 3 is 2.35 bits per heavy atom. The van der Waals surface area contributed by atoms with Crippen LogP contribution >= 0.6 is 0 Å². The highest BCUT2D eigenvalue weighted by atomic mass is 16.1. The van der Waals surface area contributed by atoms with Gasteiger partial charge in [-0.2, -0.15) is 5.10 Å². The van der Waals surface area contributed by atoms with Gasteiger partial charge in [0, 0.05) is 35.3 Å². The maximum Gasteiger partial charge on any atom is 0.207 e. The molecule has 0 aliphatic heterocycles. The second-order valence-corrected chi connectivity index (χ2v) is 8.62. The summed E-state index contributed by atoms with van der Waals surface area (Å²) in [5, 5.41) is 12.1. The predicted octanol–water partition coefficient (Wildman–Crippen LogP) is 5.35. The van der Waals surface area contributed by atoms with Gasteiger partial charge in [-0.1, -0.05) is 61.7 Å². The van der Waals surface area contributed by atoms with Gasteiger partial charge < -0.3 is 10.6 Å². The van der Waals surface area contributed by atoms with Crippen molar-refractivity contribution in [2.75, 3.05) is 18.4 Å². The van der Waals surface area contributed by atoms with Crippen molar-refractivity contribution < 1.29 is 9.59 Å². The molecule has 1 heterocycles. The van der Waals surface area contributed by atoms with Crippen molar-refractivity contribution in [2.24, 2.45) is 0 Å².